The zero-order chi connectivity index (χ0) is 21.9. The van der Waals surface area contributed by atoms with Crippen molar-refractivity contribution >= 4 is 22.8 Å². The van der Waals surface area contributed by atoms with Gasteiger partial charge in [-0.2, -0.15) is 0 Å². The van der Waals surface area contributed by atoms with Crippen LogP contribution in [0.4, 0.5) is 0 Å². The minimum Gasteiger partial charge on any atom is -0.356 e. The molecule has 1 aromatic heterocycles. The molecule has 0 unspecified atom stereocenters. The number of unbranched alkanes of at least 4 members (excludes halogenated alkanes) is 2. The third-order valence-corrected chi connectivity index (χ3v) is 4.98. The third kappa shape index (κ3) is 6.58. The average Bonchev–Trinajstić information content (AvgIpc) is 3.07. The van der Waals surface area contributed by atoms with Crippen molar-refractivity contribution in [3.8, 4) is 0 Å². The van der Waals surface area contributed by atoms with E-state index in [1.807, 2.05) is 42.7 Å². The van der Waals surface area contributed by atoms with E-state index in [4.69, 9.17) is 4.98 Å². The molecule has 0 saturated carbocycles. The summed E-state index contributed by atoms with van der Waals surface area (Å²) in [6.07, 6.45) is 7.14. The summed E-state index contributed by atoms with van der Waals surface area (Å²) >= 11 is 0. The zero-order valence-electron chi connectivity index (χ0n) is 18.3. The second kappa shape index (κ2) is 12.0. The van der Waals surface area contributed by atoms with Crippen molar-refractivity contribution in [3.63, 3.8) is 0 Å². The van der Waals surface area contributed by atoms with Crippen LogP contribution in [0.1, 0.15) is 38.9 Å². The van der Waals surface area contributed by atoms with Crippen LogP contribution in [-0.4, -0.2) is 45.9 Å². The lowest BCUT2D eigenvalue weighted by atomic mass is 10.1. The normalized spacial score (nSPS) is 10.9. The molecule has 1 N–H and O–H groups in total. The fraction of sp³-hybridized carbons (Fsp3) is 0.458. The number of hydrogen-bond acceptors (Lipinski definition) is 3. The lowest BCUT2D eigenvalue weighted by Gasteiger charge is -2.20. The first-order chi connectivity index (χ1) is 14.5. The van der Waals surface area contributed by atoms with Crippen LogP contribution in [0.2, 0.25) is 0 Å². The Hall–Kier alpha value is -2.89. The number of carbonyl (C=O) groups excluding carboxylic acids is 2. The number of nitrogens with zero attached hydrogens (tertiary/aromatic N) is 3. The van der Waals surface area contributed by atoms with Crippen LogP contribution in [0.5, 0.6) is 0 Å². The lowest BCUT2D eigenvalue weighted by Crippen LogP contribution is -2.34. The molecule has 0 aliphatic carbocycles. The Morgan fingerprint density at radius 1 is 1.13 bits per heavy atom. The van der Waals surface area contributed by atoms with E-state index in [9.17, 15) is 9.59 Å². The second-order valence-corrected chi connectivity index (χ2v) is 7.74. The molecule has 0 spiro atoms. The molecule has 0 saturated heterocycles. The summed E-state index contributed by atoms with van der Waals surface area (Å²) in [6.45, 7) is 13.2. The fourth-order valence-corrected chi connectivity index (χ4v) is 3.32. The first-order valence-corrected chi connectivity index (χ1v) is 10.7. The van der Waals surface area contributed by atoms with Gasteiger partial charge in [-0.1, -0.05) is 44.6 Å². The van der Waals surface area contributed by atoms with Gasteiger partial charge in [-0.15, -0.1) is 13.2 Å². The topological polar surface area (TPSA) is 67.2 Å². The molecule has 30 heavy (non-hydrogen) atoms. The van der Waals surface area contributed by atoms with Gasteiger partial charge in [0.2, 0.25) is 11.8 Å². The molecule has 162 valence electrons. The van der Waals surface area contributed by atoms with Crippen molar-refractivity contribution in [2.24, 2.45) is 5.92 Å². The van der Waals surface area contributed by atoms with Crippen LogP contribution in [0.15, 0.2) is 49.6 Å². The molecule has 6 nitrogen and oxygen atoms in total. The minimum atomic E-state index is 0.0178. The van der Waals surface area contributed by atoms with Crippen LogP contribution in [0.25, 0.3) is 11.0 Å². The Balaban J connectivity index is 2.02. The lowest BCUT2D eigenvalue weighted by molar-refractivity contribution is -0.130. The molecule has 0 aliphatic rings. The van der Waals surface area contributed by atoms with E-state index in [1.165, 1.54) is 0 Å². The summed E-state index contributed by atoms with van der Waals surface area (Å²) in [7, 11) is 0. The van der Waals surface area contributed by atoms with Crippen LogP contribution in [0.3, 0.4) is 0 Å². The number of hydrogen-bond donors (Lipinski definition) is 1. The van der Waals surface area contributed by atoms with E-state index < -0.39 is 0 Å². The highest BCUT2D eigenvalue weighted by atomic mass is 16.2. The molecule has 6 heteroatoms. The van der Waals surface area contributed by atoms with Gasteiger partial charge in [0.05, 0.1) is 11.0 Å². The predicted octanol–water partition coefficient (Wildman–Crippen LogP) is 3.72. The second-order valence-electron chi connectivity index (χ2n) is 7.74. The molecule has 0 aliphatic heterocycles. The molecular formula is C24H34N4O2. The van der Waals surface area contributed by atoms with E-state index in [1.54, 1.807) is 17.1 Å². The van der Waals surface area contributed by atoms with Crippen molar-refractivity contribution < 1.29 is 9.59 Å². The number of benzene rings is 1. The van der Waals surface area contributed by atoms with Gasteiger partial charge in [-0.25, -0.2) is 4.98 Å². The number of aromatic nitrogens is 2. The van der Waals surface area contributed by atoms with Crippen molar-refractivity contribution in [1.29, 1.82) is 0 Å². The molecule has 0 radical (unpaired) electrons. The van der Waals surface area contributed by atoms with E-state index in [0.717, 1.165) is 42.5 Å². The Morgan fingerprint density at radius 3 is 2.50 bits per heavy atom. The van der Waals surface area contributed by atoms with Crippen molar-refractivity contribution in [3.05, 3.63) is 55.4 Å². The average molecular weight is 411 g/mol. The Labute approximate surface area is 179 Å². The van der Waals surface area contributed by atoms with E-state index in [0.29, 0.717) is 19.6 Å². The third-order valence-electron chi connectivity index (χ3n) is 4.98. The van der Waals surface area contributed by atoms with Gasteiger partial charge in [0, 0.05) is 32.0 Å². The summed E-state index contributed by atoms with van der Waals surface area (Å²) in [5, 5.41) is 2.95. The first-order valence-electron chi connectivity index (χ1n) is 10.7. The van der Waals surface area contributed by atoms with Gasteiger partial charge in [0.1, 0.15) is 12.4 Å². The van der Waals surface area contributed by atoms with Gasteiger partial charge < -0.3 is 14.8 Å². The maximum atomic E-state index is 12.9. The summed E-state index contributed by atoms with van der Waals surface area (Å²) in [6, 6.07) is 7.92. The highest BCUT2D eigenvalue weighted by molar-refractivity contribution is 5.81. The van der Waals surface area contributed by atoms with Gasteiger partial charge in [0.15, 0.2) is 0 Å². The summed E-state index contributed by atoms with van der Waals surface area (Å²) < 4.78 is 2.03. The number of carbonyl (C=O) groups is 2. The Morgan fingerprint density at radius 2 is 1.83 bits per heavy atom. The van der Waals surface area contributed by atoms with Crippen LogP contribution in [0, 0.1) is 5.92 Å². The van der Waals surface area contributed by atoms with Crippen molar-refractivity contribution in [2.75, 3.05) is 19.6 Å². The van der Waals surface area contributed by atoms with Gasteiger partial charge >= 0.3 is 0 Å². The highest BCUT2D eigenvalue weighted by Gasteiger charge is 2.17. The Kier molecular flexibility index (Phi) is 9.32. The van der Waals surface area contributed by atoms with Crippen molar-refractivity contribution in [1.82, 2.24) is 19.8 Å². The van der Waals surface area contributed by atoms with Crippen LogP contribution >= 0.6 is 0 Å². The maximum absolute atomic E-state index is 12.9. The summed E-state index contributed by atoms with van der Waals surface area (Å²) in [5.41, 5.74) is 1.88. The fourth-order valence-electron chi connectivity index (χ4n) is 3.32. The summed E-state index contributed by atoms with van der Waals surface area (Å²) in [4.78, 5) is 31.0. The number of aryl methyl sites for hydroxylation is 1. The number of para-hydroxylation sites is 2. The molecule has 0 fully saturated rings. The molecular weight excluding hydrogens is 376 g/mol. The number of nitrogens with one attached hydrogen (secondary N) is 1. The Bertz CT molecular complexity index is 859. The monoisotopic (exact) mass is 410 g/mol. The number of amides is 2. The molecule has 1 heterocycles. The van der Waals surface area contributed by atoms with Crippen LogP contribution in [-0.2, 0) is 22.6 Å². The maximum Gasteiger partial charge on any atom is 0.243 e. The first kappa shape index (κ1) is 23.4. The molecule has 2 amide bonds. The van der Waals surface area contributed by atoms with Gasteiger partial charge in [-0.3, -0.25) is 9.59 Å². The molecule has 2 aromatic rings. The zero-order valence-corrected chi connectivity index (χ0v) is 18.3. The summed E-state index contributed by atoms with van der Waals surface area (Å²) in [5.74, 6) is 1.06. The van der Waals surface area contributed by atoms with E-state index in [-0.39, 0.29) is 24.3 Å². The largest absolute Gasteiger partial charge is 0.356 e. The number of imidazole rings is 1. The molecule has 0 bridgehead atoms. The standard InChI is InChI=1S/C24H34N4O2/c1-5-16-27(17-6-2)23(29)18-28-21-13-10-9-12-20(21)26-22(28)14-8-7-11-15-25-24(30)19(3)4/h5-6,9-10,12-13,19H,1-2,7-8,11,14-18H2,3-4H3,(H,25,30). The number of fused-ring (bicyclic) bond motifs is 1. The SMILES string of the molecule is C=CCN(CC=C)C(=O)Cn1c(CCCCCNC(=O)C(C)C)nc2ccccc21. The van der Waals surface area contributed by atoms with Gasteiger partial charge in [0.25, 0.3) is 0 Å². The van der Waals surface area contributed by atoms with E-state index >= 15 is 0 Å². The van der Waals surface area contributed by atoms with Crippen LogP contribution < -0.4 is 5.32 Å². The quantitative estimate of drug-likeness (QED) is 0.404. The van der Waals surface area contributed by atoms with E-state index in [2.05, 4.69) is 18.5 Å². The molecule has 0 atom stereocenters. The highest BCUT2D eigenvalue weighted by Crippen LogP contribution is 2.18. The van der Waals surface area contributed by atoms with Crippen molar-refractivity contribution in [2.45, 2.75) is 46.1 Å². The predicted molar refractivity (Wildman–Crippen MR) is 122 cm³/mol. The molecule has 1 aromatic carbocycles. The smallest absolute Gasteiger partial charge is 0.243 e. The van der Waals surface area contributed by atoms with Gasteiger partial charge in [-0.05, 0) is 25.0 Å². The minimum absolute atomic E-state index is 0.0178. The molecule has 2 rings (SSSR count). The number of rotatable bonds is 13.